The molecule has 0 atom stereocenters. The largest absolute Gasteiger partial charge is 0.308 e. The molecule has 0 unspecified atom stereocenters. The molecular weight excluding hydrogens is 665 g/mol. The highest BCUT2D eigenvalue weighted by molar-refractivity contribution is 7.30. The van der Waals surface area contributed by atoms with E-state index in [-0.39, 0.29) is 0 Å². The zero-order valence-corrected chi connectivity index (χ0v) is 28.5. The molecular formula is C43H24N6S2. The van der Waals surface area contributed by atoms with Crippen LogP contribution in [0.2, 0.25) is 0 Å². The van der Waals surface area contributed by atoms with Crippen LogP contribution in [0, 0.1) is 0 Å². The number of hydrogen-bond donors (Lipinski definition) is 0. The highest BCUT2D eigenvalue weighted by atomic mass is 32.1. The van der Waals surface area contributed by atoms with Gasteiger partial charge in [0.05, 0.1) is 11.0 Å². The van der Waals surface area contributed by atoms with Gasteiger partial charge in [0, 0.05) is 75.0 Å². The summed E-state index contributed by atoms with van der Waals surface area (Å²) >= 11 is 3.62. The van der Waals surface area contributed by atoms with Crippen molar-refractivity contribution >= 4 is 85.0 Å². The van der Waals surface area contributed by atoms with Gasteiger partial charge < -0.3 is 4.57 Å². The van der Waals surface area contributed by atoms with Gasteiger partial charge in [-0.15, -0.1) is 22.7 Å². The van der Waals surface area contributed by atoms with Crippen molar-refractivity contribution in [3.8, 4) is 39.9 Å². The molecule has 0 bridgehead atoms. The summed E-state index contributed by atoms with van der Waals surface area (Å²) in [7, 11) is 0. The molecule has 0 radical (unpaired) electrons. The fourth-order valence-electron chi connectivity index (χ4n) is 7.40. The van der Waals surface area contributed by atoms with Gasteiger partial charge in [0.15, 0.2) is 17.5 Å². The van der Waals surface area contributed by atoms with Gasteiger partial charge in [-0.2, -0.15) is 0 Å². The number of rotatable bonds is 4. The third-order valence-corrected chi connectivity index (χ3v) is 11.9. The second-order valence-corrected chi connectivity index (χ2v) is 14.6. The Kier molecular flexibility index (Phi) is 6.19. The maximum Gasteiger partial charge on any atom is 0.164 e. The Morgan fingerprint density at radius 2 is 1.10 bits per heavy atom. The maximum atomic E-state index is 5.05. The fraction of sp³-hybridized carbons (Fsp3) is 0. The van der Waals surface area contributed by atoms with Crippen molar-refractivity contribution in [3.63, 3.8) is 0 Å². The summed E-state index contributed by atoms with van der Waals surface area (Å²) in [6.45, 7) is 0. The van der Waals surface area contributed by atoms with Crippen LogP contribution in [0.25, 0.3) is 102 Å². The van der Waals surface area contributed by atoms with Crippen LogP contribution in [0.15, 0.2) is 146 Å². The third kappa shape index (κ3) is 4.30. The minimum absolute atomic E-state index is 0.622. The molecule has 8 heteroatoms. The topological polar surface area (TPSA) is 69.4 Å². The van der Waals surface area contributed by atoms with Crippen molar-refractivity contribution in [2.45, 2.75) is 0 Å². The monoisotopic (exact) mass is 688 g/mol. The van der Waals surface area contributed by atoms with Crippen LogP contribution < -0.4 is 0 Å². The van der Waals surface area contributed by atoms with E-state index < -0.39 is 0 Å². The van der Waals surface area contributed by atoms with Crippen LogP contribution in [0.1, 0.15) is 0 Å². The van der Waals surface area contributed by atoms with Gasteiger partial charge in [0.2, 0.25) is 0 Å². The van der Waals surface area contributed by atoms with Gasteiger partial charge in [0.25, 0.3) is 0 Å². The van der Waals surface area contributed by atoms with Crippen LogP contribution >= 0.6 is 22.7 Å². The molecule has 0 saturated heterocycles. The normalized spacial score (nSPS) is 11.9. The Hall–Kier alpha value is -6.35. The average molecular weight is 689 g/mol. The van der Waals surface area contributed by atoms with Crippen LogP contribution in [-0.4, -0.2) is 29.5 Å². The number of nitrogens with zero attached hydrogens (tertiary/aromatic N) is 6. The molecule has 0 saturated carbocycles. The summed E-state index contributed by atoms with van der Waals surface area (Å²) in [4.78, 5) is 25.3. The Balaban J connectivity index is 1.24. The molecule has 51 heavy (non-hydrogen) atoms. The number of para-hydroxylation sites is 1. The van der Waals surface area contributed by atoms with E-state index >= 15 is 0 Å². The second-order valence-electron chi connectivity index (χ2n) is 12.5. The highest BCUT2D eigenvalue weighted by Gasteiger charge is 2.25. The lowest BCUT2D eigenvalue weighted by molar-refractivity contribution is 1.07. The Morgan fingerprint density at radius 1 is 0.490 bits per heavy atom. The Labute approximate surface area is 299 Å². The summed E-state index contributed by atoms with van der Waals surface area (Å²) in [6, 6.07) is 46.3. The SMILES string of the molecule is c1ccc(-c2nc(-c3ccccc3)nc(-c3cccc(-n4c5ccccc5c5c6sc7ccccc7c6c6sc7ncncc7c6c54)c3)n2)cc1. The van der Waals surface area contributed by atoms with Crippen LogP contribution in [0.5, 0.6) is 0 Å². The first kappa shape index (κ1) is 28.5. The molecule has 0 aliphatic carbocycles. The number of fused-ring (bicyclic) bond motifs is 12. The van der Waals surface area contributed by atoms with Gasteiger partial charge in [-0.25, -0.2) is 24.9 Å². The number of benzene rings is 6. The molecule has 0 spiro atoms. The van der Waals surface area contributed by atoms with Crippen molar-refractivity contribution in [1.82, 2.24) is 29.5 Å². The van der Waals surface area contributed by atoms with Gasteiger partial charge in [-0.3, -0.25) is 0 Å². The lowest BCUT2D eigenvalue weighted by atomic mass is 10.0. The lowest BCUT2D eigenvalue weighted by Crippen LogP contribution is -2.01. The highest BCUT2D eigenvalue weighted by Crippen LogP contribution is 2.51. The molecule has 0 aliphatic heterocycles. The van der Waals surface area contributed by atoms with Crippen LogP contribution in [0.4, 0.5) is 0 Å². The van der Waals surface area contributed by atoms with E-state index in [0.29, 0.717) is 17.5 Å². The van der Waals surface area contributed by atoms with Crippen LogP contribution in [-0.2, 0) is 0 Å². The first-order valence-corrected chi connectivity index (χ1v) is 18.3. The van der Waals surface area contributed by atoms with Crippen molar-refractivity contribution in [2.24, 2.45) is 0 Å². The molecule has 0 fully saturated rings. The first-order chi connectivity index (χ1) is 25.3. The predicted molar refractivity (Wildman–Crippen MR) is 212 cm³/mol. The zero-order chi connectivity index (χ0) is 33.5. The summed E-state index contributed by atoms with van der Waals surface area (Å²) in [5.41, 5.74) is 6.12. The minimum Gasteiger partial charge on any atom is -0.308 e. The van der Waals surface area contributed by atoms with Crippen molar-refractivity contribution < 1.29 is 0 Å². The molecule has 6 aromatic carbocycles. The molecule has 11 rings (SSSR count). The minimum atomic E-state index is 0.622. The molecule has 0 aliphatic rings. The van der Waals surface area contributed by atoms with Crippen molar-refractivity contribution in [3.05, 3.63) is 146 Å². The molecule has 5 aromatic heterocycles. The van der Waals surface area contributed by atoms with Crippen LogP contribution in [0.3, 0.4) is 0 Å². The molecule has 11 aromatic rings. The van der Waals surface area contributed by atoms with Gasteiger partial charge >= 0.3 is 0 Å². The van der Waals surface area contributed by atoms with E-state index in [0.717, 1.165) is 43.6 Å². The molecule has 5 heterocycles. The fourth-order valence-corrected chi connectivity index (χ4v) is 9.91. The zero-order valence-electron chi connectivity index (χ0n) is 26.9. The molecule has 6 nitrogen and oxygen atoms in total. The Bertz CT molecular complexity index is 3060. The lowest BCUT2D eigenvalue weighted by Gasteiger charge is -2.12. The quantitative estimate of drug-likeness (QED) is 0.184. The van der Waals surface area contributed by atoms with Gasteiger partial charge in [-0.05, 0) is 24.3 Å². The van der Waals surface area contributed by atoms with E-state index in [1.54, 1.807) is 17.7 Å². The molecule has 238 valence electrons. The van der Waals surface area contributed by atoms with Gasteiger partial charge in [0.1, 0.15) is 11.2 Å². The average Bonchev–Trinajstić information content (AvgIpc) is 3.88. The van der Waals surface area contributed by atoms with E-state index in [1.165, 1.54) is 41.0 Å². The maximum absolute atomic E-state index is 5.05. The predicted octanol–water partition coefficient (Wildman–Crippen LogP) is 11.5. The molecule has 0 amide bonds. The van der Waals surface area contributed by atoms with E-state index in [2.05, 4.69) is 82.3 Å². The summed E-state index contributed by atoms with van der Waals surface area (Å²) < 4.78 is 6.23. The number of hydrogen-bond acceptors (Lipinski definition) is 7. The van der Waals surface area contributed by atoms with Gasteiger partial charge in [-0.1, -0.05) is 109 Å². The van der Waals surface area contributed by atoms with E-state index in [9.17, 15) is 0 Å². The van der Waals surface area contributed by atoms with E-state index in [4.69, 9.17) is 19.9 Å². The van der Waals surface area contributed by atoms with E-state index in [1.807, 2.05) is 78.2 Å². The van der Waals surface area contributed by atoms with Crippen molar-refractivity contribution in [1.29, 1.82) is 0 Å². The second kappa shape index (κ2) is 11.1. The number of aromatic nitrogens is 6. The summed E-state index contributed by atoms with van der Waals surface area (Å²) in [5, 5.41) is 7.29. The molecule has 0 N–H and O–H groups in total. The standard InChI is InChI=1S/C43H24N6S2/c1-3-12-25(13-4-1)40-46-41(26-14-5-2-6-15-26)48-42(47-40)27-16-11-17-28(22-27)49-32-20-9-7-18-29(32)34-37(49)35-31-23-44-24-45-43(31)51-39(35)36-30-19-8-10-21-33(30)50-38(34)36/h1-24H. The van der Waals surface area contributed by atoms with Crippen molar-refractivity contribution in [2.75, 3.05) is 0 Å². The summed E-state index contributed by atoms with van der Waals surface area (Å²) in [5.74, 6) is 1.90. The Morgan fingerprint density at radius 3 is 1.86 bits per heavy atom. The summed E-state index contributed by atoms with van der Waals surface area (Å²) in [6.07, 6.45) is 3.62. The number of thiophene rings is 2. The third-order valence-electron chi connectivity index (χ3n) is 9.59. The smallest absolute Gasteiger partial charge is 0.164 e. The first-order valence-electron chi connectivity index (χ1n) is 16.7.